The van der Waals surface area contributed by atoms with E-state index in [1.807, 2.05) is 35.8 Å². The third kappa shape index (κ3) is 5.58. The molecule has 2 nitrogen and oxygen atoms in total. The molecule has 0 radical (unpaired) electrons. The molecule has 18 heavy (non-hydrogen) atoms. The van der Waals surface area contributed by atoms with E-state index >= 15 is 0 Å². The molecule has 6 heteroatoms. The van der Waals surface area contributed by atoms with Crippen LogP contribution in [0.4, 0.5) is 0 Å². The molecule has 0 aliphatic carbocycles. The molecular weight excluding hydrogens is 296 g/mol. The number of hydrogen-bond donors (Lipinski definition) is 0. The van der Waals surface area contributed by atoms with Crippen LogP contribution in [0.3, 0.4) is 0 Å². The van der Waals surface area contributed by atoms with E-state index in [0.29, 0.717) is 9.75 Å². The predicted molar refractivity (Wildman–Crippen MR) is 92.3 cm³/mol. The van der Waals surface area contributed by atoms with Crippen LogP contribution in [-0.4, -0.2) is 40.6 Å². The van der Waals surface area contributed by atoms with Crippen molar-refractivity contribution in [2.45, 2.75) is 62.6 Å². The van der Waals surface area contributed by atoms with Gasteiger partial charge in [0.05, 0.1) is 0 Å². The molecule has 0 saturated carbocycles. The Morgan fingerprint density at radius 3 is 1.22 bits per heavy atom. The van der Waals surface area contributed by atoms with E-state index in [9.17, 15) is 0 Å². The molecule has 0 spiro atoms. The minimum Gasteiger partial charge on any atom is -0.419 e. The standard InChI is InChI=1S/C12H30O2S2Si2/c1-9-11(17(5,6)13-3)15-16-12(10-2)18(7,8)14-4/h11-12H,9-10H2,1-8H3. The Bertz CT molecular complexity index is 214. The Morgan fingerprint density at radius 2 is 1.06 bits per heavy atom. The SMILES string of the molecule is CCC(SSC(CC)[Si](C)(C)OC)[Si](C)(C)OC. The molecule has 0 amide bonds. The van der Waals surface area contributed by atoms with E-state index in [1.54, 1.807) is 0 Å². The molecule has 0 bridgehead atoms. The highest BCUT2D eigenvalue weighted by Crippen LogP contribution is 2.41. The molecule has 0 heterocycles. The van der Waals surface area contributed by atoms with E-state index in [4.69, 9.17) is 8.85 Å². The lowest BCUT2D eigenvalue weighted by molar-refractivity contribution is 0.400. The van der Waals surface area contributed by atoms with E-state index in [1.165, 1.54) is 12.8 Å². The zero-order chi connectivity index (χ0) is 14.4. The van der Waals surface area contributed by atoms with Gasteiger partial charge in [-0.1, -0.05) is 35.4 Å². The fraction of sp³-hybridized carbons (Fsp3) is 1.00. The van der Waals surface area contributed by atoms with Gasteiger partial charge in [-0.15, -0.1) is 0 Å². The molecule has 0 rings (SSSR count). The van der Waals surface area contributed by atoms with Crippen molar-refractivity contribution in [2.24, 2.45) is 0 Å². The first-order chi connectivity index (χ1) is 8.25. The van der Waals surface area contributed by atoms with Gasteiger partial charge in [-0.05, 0) is 39.0 Å². The highest BCUT2D eigenvalue weighted by atomic mass is 33.1. The maximum absolute atomic E-state index is 5.75. The lowest BCUT2D eigenvalue weighted by Crippen LogP contribution is -2.43. The summed E-state index contributed by atoms with van der Waals surface area (Å²) in [5.74, 6) is 0. The molecule has 2 atom stereocenters. The maximum atomic E-state index is 5.75. The van der Waals surface area contributed by atoms with Crippen LogP contribution in [0.15, 0.2) is 0 Å². The first-order valence-corrected chi connectivity index (χ1v) is 14.9. The second-order valence-corrected chi connectivity index (χ2v) is 17.7. The van der Waals surface area contributed by atoms with Crippen molar-refractivity contribution in [3.8, 4) is 0 Å². The maximum Gasteiger partial charge on any atom is 0.199 e. The molecule has 0 aromatic rings. The third-order valence-corrected chi connectivity index (χ3v) is 17.8. The highest BCUT2D eigenvalue weighted by molar-refractivity contribution is 8.77. The molecule has 2 unspecified atom stereocenters. The third-order valence-electron chi connectivity index (χ3n) is 3.63. The summed E-state index contributed by atoms with van der Waals surface area (Å²) in [4.78, 5) is 1.31. The first-order valence-electron chi connectivity index (χ1n) is 6.67. The van der Waals surface area contributed by atoms with Crippen molar-refractivity contribution in [3.05, 3.63) is 0 Å². The number of rotatable bonds is 9. The molecule has 0 N–H and O–H groups in total. The highest BCUT2D eigenvalue weighted by Gasteiger charge is 2.36. The quantitative estimate of drug-likeness (QED) is 0.451. The number of hydrogen-bond acceptors (Lipinski definition) is 4. The van der Waals surface area contributed by atoms with Crippen molar-refractivity contribution in [3.63, 3.8) is 0 Å². The summed E-state index contributed by atoms with van der Waals surface area (Å²) < 4.78 is 11.5. The zero-order valence-corrected chi connectivity index (χ0v) is 16.8. The van der Waals surface area contributed by atoms with Crippen LogP contribution < -0.4 is 0 Å². The van der Waals surface area contributed by atoms with Gasteiger partial charge in [-0.2, -0.15) is 0 Å². The van der Waals surface area contributed by atoms with Gasteiger partial charge in [0.1, 0.15) is 0 Å². The van der Waals surface area contributed by atoms with E-state index in [2.05, 4.69) is 40.0 Å². The minimum absolute atomic E-state index is 0.656. The van der Waals surface area contributed by atoms with Crippen molar-refractivity contribution >= 4 is 38.2 Å². The minimum atomic E-state index is -1.54. The summed E-state index contributed by atoms with van der Waals surface area (Å²) in [5, 5.41) is 0. The van der Waals surface area contributed by atoms with Gasteiger partial charge < -0.3 is 8.85 Å². The van der Waals surface area contributed by atoms with Crippen LogP contribution in [0.2, 0.25) is 26.2 Å². The molecule has 0 aliphatic heterocycles. The summed E-state index contributed by atoms with van der Waals surface area (Å²) >= 11 is 0. The molecule has 0 aliphatic rings. The Balaban J connectivity index is 4.52. The van der Waals surface area contributed by atoms with Crippen LogP contribution in [0.1, 0.15) is 26.7 Å². The fourth-order valence-corrected chi connectivity index (χ4v) is 14.0. The van der Waals surface area contributed by atoms with Gasteiger partial charge in [0.2, 0.25) is 0 Å². The summed E-state index contributed by atoms with van der Waals surface area (Å²) in [6, 6.07) is 0. The zero-order valence-electron chi connectivity index (χ0n) is 13.2. The predicted octanol–water partition coefficient (Wildman–Crippen LogP) is 4.71. The summed E-state index contributed by atoms with van der Waals surface area (Å²) in [6.07, 6.45) is 2.38. The second kappa shape index (κ2) is 8.36. The van der Waals surface area contributed by atoms with Crippen LogP contribution in [0.5, 0.6) is 0 Å². The van der Waals surface area contributed by atoms with Crippen molar-refractivity contribution in [1.82, 2.24) is 0 Å². The molecular formula is C12H30O2S2Si2. The van der Waals surface area contributed by atoms with E-state index in [-0.39, 0.29) is 0 Å². The van der Waals surface area contributed by atoms with Gasteiger partial charge in [-0.25, -0.2) is 0 Å². The summed E-state index contributed by atoms with van der Waals surface area (Å²) in [5.41, 5.74) is 0. The fourth-order valence-electron chi connectivity index (χ4n) is 1.75. The van der Waals surface area contributed by atoms with E-state index < -0.39 is 16.6 Å². The average molecular weight is 327 g/mol. The molecule has 0 saturated heterocycles. The van der Waals surface area contributed by atoms with Gasteiger partial charge >= 0.3 is 0 Å². The normalized spacial score (nSPS) is 16.7. The summed E-state index contributed by atoms with van der Waals surface area (Å²) in [6.45, 7) is 13.8. The molecule has 0 aromatic carbocycles. The topological polar surface area (TPSA) is 18.5 Å². The second-order valence-electron chi connectivity index (χ2n) is 5.60. The van der Waals surface area contributed by atoms with E-state index in [0.717, 1.165) is 0 Å². The lowest BCUT2D eigenvalue weighted by Gasteiger charge is -2.33. The van der Waals surface area contributed by atoms with Gasteiger partial charge in [0.15, 0.2) is 16.6 Å². The molecule has 0 aromatic heterocycles. The largest absolute Gasteiger partial charge is 0.419 e. The average Bonchev–Trinajstić information content (AvgIpc) is 2.34. The van der Waals surface area contributed by atoms with Crippen molar-refractivity contribution in [1.29, 1.82) is 0 Å². The van der Waals surface area contributed by atoms with Crippen LogP contribution >= 0.6 is 21.6 Å². The molecule has 0 fully saturated rings. The molecule has 110 valence electrons. The monoisotopic (exact) mass is 326 g/mol. The van der Waals surface area contributed by atoms with Gasteiger partial charge in [0.25, 0.3) is 0 Å². The Kier molecular flexibility index (Phi) is 8.85. The Labute approximate surface area is 124 Å². The van der Waals surface area contributed by atoms with Crippen molar-refractivity contribution < 1.29 is 8.85 Å². The van der Waals surface area contributed by atoms with Gasteiger partial charge in [0, 0.05) is 24.0 Å². The van der Waals surface area contributed by atoms with Crippen LogP contribution in [-0.2, 0) is 8.85 Å². The smallest absolute Gasteiger partial charge is 0.199 e. The Hall–Kier alpha value is 1.05. The van der Waals surface area contributed by atoms with Crippen LogP contribution in [0, 0.1) is 0 Å². The first kappa shape index (κ1) is 19.1. The van der Waals surface area contributed by atoms with Crippen molar-refractivity contribution in [2.75, 3.05) is 14.2 Å². The Morgan fingerprint density at radius 1 is 0.778 bits per heavy atom. The lowest BCUT2D eigenvalue weighted by atomic mass is 10.6. The van der Waals surface area contributed by atoms with Crippen LogP contribution in [0.25, 0.3) is 0 Å². The van der Waals surface area contributed by atoms with Gasteiger partial charge in [-0.3, -0.25) is 0 Å². The summed E-state index contributed by atoms with van der Waals surface area (Å²) in [7, 11) is 4.73.